The first-order valence-corrected chi connectivity index (χ1v) is 13.3. The van der Waals surface area contributed by atoms with Crippen molar-refractivity contribution in [1.29, 1.82) is 0 Å². The first-order chi connectivity index (χ1) is 17.8. The smallest absolute Gasteiger partial charge is 0.119 e. The van der Waals surface area contributed by atoms with Gasteiger partial charge in [-0.1, -0.05) is 24.3 Å². The number of carboxylic acid groups (broad SMARTS) is 1. The SMILES string of the molecule is Cc1cc(OCCCO)cc(C)c1-c1cccc(CNc2ccc3c(c2)CC2(CC2)C3CC(=O)[O-])c1C. The number of fused-ring (bicyclic) bond motifs is 1. The molecule has 0 saturated heterocycles. The number of carbonyl (C=O) groups excluding carboxylic acids is 1. The number of hydrogen-bond acceptors (Lipinski definition) is 5. The monoisotopic (exact) mass is 498 g/mol. The van der Waals surface area contributed by atoms with E-state index in [1.807, 2.05) is 0 Å². The van der Waals surface area contributed by atoms with E-state index < -0.39 is 5.97 Å². The maximum Gasteiger partial charge on any atom is 0.119 e. The van der Waals surface area contributed by atoms with Crippen LogP contribution in [0.1, 0.15) is 65.0 Å². The summed E-state index contributed by atoms with van der Waals surface area (Å²) in [7, 11) is 0. The number of rotatable bonds is 10. The third-order valence-electron chi connectivity index (χ3n) is 8.34. The van der Waals surface area contributed by atoms with Crippen LogP contribution in [-0.4, -0.2) is 24.3 Å². The highest BCUT2D eigenvalue weighted by Gasteiger charge is 2.53. The highest BCUT2D eigenvalue weighted by molar-refractivity contribution is 5.75. The summed E-state index contributed by atoms with van der Waals surface area (Å²) >= 11 is 0. The second-order valence-corrected chi connectivity index (χ2v) is 10.9. The molecule has 1 fully saturated rings. The average Bonchev–Trinajstić information content (AvgIpc) is 3.56. The molecule has 0 bridgehead atoms. The van der Waals surface area contributed by atoms with E-state index in [1.54, 1.807) is 0 Å². The van der Waals surface area contributed by atoms with E-state index in [-0.39, 0.29) is 24.4 Å². The molecule has 1 saturated carbocycles. The lowest BCUT2D eigenvalue weighted by atomic mass is 9.87. The lowest BCUT2D eigenvalue weighted by molar-refractivity contribution is -0.306. The van der Waals surface area contributed by atoms with Gasteiger partial charge in [0.2, 0.25) is 0 Å². The van der Waals surface area contributed by atoms with Gasteiger partial charge in [0.15, 0.2) is 0 Å². The number of anilines is 1. The molecule has 0 aromatic heterocycles. The fourth-order valence-corrected chi connectivity index (χ4v) is 6.25. The van der Waals surface area contributed by atoms with Crippen LogP contribution in [0.5, 0.6) is 5.75 Å². The molecule has 3 aromatic carbocycles. The third-order valence-corrected chi connectivity index (χ3v) is 8.34. The van der Waals surface area contributed by atoms with Crippen molar-refractivity contribution in [2.75, 3.05) is 18.5 Å². The Balaban J connectivity index is 1.33. The summed E-state index contributed by atoms with van der Waals surface area (Å²) in [4.78, 5) is 11.3. The van der Waals surface area contributed by atoms with Gasteiger partial charge in [0, 0.05) is 31.2 Å². The first kappa shape index (κ1) is 25.3. The highest BCUT2D eigenvalue weighted by Crippen LogP contribution is 2.64. The highest BCUT2D eigenvalue weighted by atomic mass is 16.5. The van der Waals surface area contributed by atoms with E-state index in [0.29, 0.717) is 19.6 Å². The fourth-order valence-electron chi connectivity index (χ4n) is 6.25. The molecule has 2 aliphatic carbocycles. The molecule has 0 amide bonds. The molecule has 2 aliphatic rings. The van der Waals surface area contributed by atoms with Crippen LogP contribution in [0.3, 0.4) is 0 Å². The molecule has 0 heterocycles. The largest absolute Gasteiger partial charge is 0.550 e. The zero-order valence-electron chi connectivity index (χ0n) is 22.0. The molecule has 5 rings (SSSR count). The minimum atomic E-state index is -0.948. The number of carbonyl (C=O) groups is 1. The van der Waals surface area contributed by atoms with Crippen LogP contribution < -0.4 is 15.2 Å². The number of aliphatic hydroxyl groups excluding tert-OH is 1. The van der Waals surface area contributed by atoms with Crippen molar-refractivity contribution in [3.8, 4) is 16.9 Å². The first-order valence-electron chi connectivity index (χ1n) is 13.3. The van der Waals surface area contributed by atoms with Gasteiger partial charge in [-0.3, -0.25) is 0 Å². The summed E-state index contributed by atoms with van der Waals surface area (Å²) in [5.41, 5.74) is 11.0. The molecule has 1 spiro atoms. The van der Waals surface area contributed by atoms with Gasteiger partial charge < -0.3 is 25.1 Å². The van der Waals surface area contributed by atoms with Crippen molar-refractivity contribution < 1.29 is 19.7 Å². The molecule has 2 N–H and O–H groups in total. The molecule has 0 aliphatic heterocycles. The Labute approximate surface area is 219 Å². The van der Waals surface area contributed by atoms with Gasteiger partial charge in [-0.15, -0.1) is 0 Å². The number of aryl methyl sites for hydroxylation is 2. The number of hydrogen-bond donors (Lipinski definition) is 2. The van der Waals surface area contributed by atoms with E-state index in [2.05, 4.69) is 74.6 Å². The quantitative estimate of drug-likeness (QED) is 0.375. The average molecular weight is 499 g/mol. The number of nitrogens with one attached hydrogen (secondary N) is 1. The predicted octanol–water partition coefficient (Wildman–Crippen LogP) is 5.21. The zero-order valence-corrected chi connectivity index (χ0v) is 22.0. The Morgan fingerprint density at radius 2 is 1.86 bits per heavy atom. The summed E-state index contributed by atoms with van der Waals surface area (Å²) < 4.78 is 5.81. The number of benzene rings is 3. The standard InChI is InChI=1S/C32H37NO4/c1-20-14-26(37-13-5-12-34)15-21(2)31(20)27-7-4-6-23(22(27)3)19-33-25-8-9-28-24(16-25)18-32(10-11-32)29(28)17-30(35)36/h4,6-9,14-16,29,33-34H,5,10-13,17-19H2,1-3H3,(H,35,36)/p-1. The normalized spacial score (nSPS) is 17.0. The van der Waals surface area contributed by atoms with Crippen molar-refractivity contribution >= 4 is 11.7 Å². The lowest BCUT2D eigenvalue weighted by Gasteiger charge is -2.20. The van der Waals surface area contributed by atoms with Gasteiger partial charge in [-0.2, -0.15) is 0 Å². The van der Waals surface area contributed by atoms with Gasteiger partial charge in [0.1, 0.15) is 5.75 Å². The Morgan fingerprint density at radius 1 is 1.11 bits per heavy atom. The van der Waals surface area contributed by atoms with Crippen LogP contribution in [-0.2, 0) is 17.8 Å². The van der Waals surface area contributed by atoms with Gasteiger partial charge in [-0.25, -0.2) is 0 Å². The van der Waals surface area contributed by atoms with Crippen LogP contribution in [0.25, 0.3) is 11.1 Å². The molecule has 1 atom stereocenters. The maximum atomic E-state index is 11.3. The number of ether oxygens (including phenoxy) is 1. The van der Waals surface area contributed by atoms with Gasteiger partial charge in [-0.05, 0) is 127 Å². The minimum Gasteiger partial charge on any atom is -0.550 e. The van der Waals surface area contributed by atoms with E-state index in [1.165, 1.54) is 44.5 Å². The summed E-state index contributed by atoms with van der Waals surface area (Å²) in [5, 5.41) is 24.0. The van der Waals surface area contributed by atoms with E-state index in [0.717, 1.165) is 30.7 Å². The lowest BCUT2D eigenvalue weighted by Crippen LogP contribution is -2.26. The van der Waals surface area contributed by atoms with Crippen molar-refractivity contribution in [1.82, 2.24) is 0 Å². The Morgan fingerprint density at radius 3 is 2.54 bits per heavy atom. The van der Waals surface area contributed by atoms with Crippen molar-refractivity contribution in [2.45, 2.75) is 65.3 Å². The maximum absolute atomic E-state index is 11.3. The second-order valence-electron chi connectivity index (χ2n) is 10.9. The molecule has 37 heavy (non-hydrogen) atoms. The third kappa shape index (κ3) is 5.10. The summed E-state index contributed by atoms with van der Waals surface area (Å²) in [6.45, 7) is 7.78. The van der Waals surface area contributed by atoms with Crippen LogP contribution in [0.2, 0.25) is 0 Å². The molecule has 0 radical (unpaired) electrons. The topological polar surface area (TPSA) is 81.6 Å². The van der Waals surface area contributed by atoms with Crippen LogP contribution in [0.15, 0.2) is 48.5 Å². The number of aliphatic carboxylic acids is 1. The van der Waals surface area contributed by atoms with Crippen LogP contribution >= 0.6 is 0 Å². The molecule has 5 heteroatoms. The number of carboxylic acids is 1. The Bertz CT molecular complexity index is 1300. The van der Waals surface area contributed by atoms with Crippen LogP contribution in [0.4, 0.5) is 5.69 Å². The fraction of sp³-hybridized carbons (Fsp3) is 0.406. The van der Waals surface area contributed by atoms with E-state index >= 15 is 0 Å². The minimum absolute atomic E-state index is 0.0958. The van der Waals surface area contributed by atoms with E-state index in [9.17, 15) is 9.90 Å². The molecular formula is C32H36NO4-. The Hall–Kier alpha value is -3.31. The second kappa shape index (κ2) is 10.2. The molecule has 3 aromatic rings. The molecule has 194 valence electrons. The van der Waals surface area contributed by atoms with Gasteiger partial charge in [0.05, 0.1) is 6.61 Å². The summed E-state index contributed by atoms with van der Waals surface area (Å²) in [6, 6.07) is 17.1. The van der Waals surface area contributed by atoms with Gasteiger partial charge >= 0.3 is 0 Å². The van der Waals surface area contributed by atoms with Crippen LogP contribution in [0, 0.1) is 26.2 Å². The van der Waals surface area contributed by atoms with Gasteiger partial charge in [0.25, 0.3) is 0 Å². The predicted molar refractivity (Wildman–Crippen MR) is 145 cm³/mol. The van der Waals surface area contributed by atoms with Crippen molar-refractivity contribution in [2.24, 2.45) is 5.41 Å². The summed E-state index contributed by atoms with van der Waals surface area (Å²) in [5.74, 6) is -0.0106. The summed E-state index contributed by atoms with van der Waals surface area (Å²) in [6.07, 6.45) is 3.95. The Kier molecular flexibility index (Phi) is 7.00. The molecule has 1 unspecified atom stereocenters. The van der Waals surface area contributed by atoms with Crippen molar-refractivity contribution in [3.05, 3.63) is 81.9 Å². The molecule has 5 nitrogen and oxygen atoms in total. The number of aliphatic hydroxyl groups is 1. The zero-order chi connectivity index (χ0) is 26.2. The van der Waals surface area contributed by atoms with E-state index in [4.69, 9.17) is 9.84 Å². The van der Waals surface area contributed by atoms with Crippen molar-refractivity contribution in [3.63, 3.8) is 0 Å². The molecular weight excluding hydrogens is 462 g/mol.